The summed E-state index contributed by atoms with van der Waals surface area (Å²) in [6, 6.07) is 3.67. The molecule has 1 aromatic rings. The fourth-order valence-electron chi connectivity index (χ4n) is 2.40. The lowest BCUT2D eigenvalue weighted by atomic mass is 10.1. The predicted octanol–water partition coefficient (Wildman–Crippen LogP) is 3.71. The minimum atomic E-state index is -2.46. The van der Waals surface area contributed by atoms with E-state index in [0.29, 0.717) is 12.4 Å². The van der Waals surface area contributed by atoms with Crippen molar-refractivity contribution in [2.45, 2.75) is 25.7 Å². The molecule has 0 bridgehead atoms. The number of halogens is 3. The molecule has 0 fully saturated rings. The third-order valence-corrected chi connectivity index (χ3v) is 4.19. The third-order valence-electron chi connectivity index (χ3n) is 3.29. The highest BCUT2D eigenvalue weighted by Gasteiger charge is 2.24. The molecule has 2 rings (SSSR count). The van der Waals surface area contributed by atoms with Gasteiger partial charge in [-0.25, -0.2) is 8.78 Å². The second-order valence-electron chi connectivity index (χ2n) is 4.78. The van der Waals surface area contributed by atoms with Gasteiger partial charge in [0.15, 0.2) is 0 Å². The molecule has 0 aliphatic heterocycles. The Morgan fingerprint density at radius 1 is 1.33 bits per heavy atom. The standard InChI is InChI=1S/C15H18F2INO2/c1-20-8-2-7-19-12-5-3-10-13(21-9-14(16)17)6-4-11(18)15(10)12/h4,6,14H,2-3,5,7-9H2,1H3/b19-12-. The number of hydrogen-bond acceptors (Lipinski definition) is 3. The minimum Gasteiger partial charge on any atom is -0.487 e. The molecule has 0 aromatic heterocycles. The number of hydrogen-bond donors (Lipinski definition) is 0. The molecule has 0 radical (unpaired) electrons. The minimum absolute atomic E-state index is 0.562. The molecule has 0 saturated heterocycles. The SMILES string of the molecule is COCCC/N=C1/CCc2c(OCC(F)F)ccc(I)c21. The van der Waals surface area contributed by atoms with Gasteiger partial charge >= 0.3 is 0 Å². The summed E-state index contributed by atoms with van der Waals surface area (Å²) < 4.78 is 35.9. The Balaban J connectivity index is 2.16. The van der Waals surface area contributed by atoms with Crippen molar-refractivity contribution in [3.05, 3.63) is 26.8 Å². The van der Waals surface area contributed by atoms with Gasteiger partial charge in [0.25, 0.3) is 6.43 Å². The first-order chi connectivity index (χ1) is 10.1. The molecule has 1 aliphatic carbocycles. The van der Waals surface area contributed by atoms with Gasteiger partial charge in [-0.1, -0.05) is 0 Å². The monoisotopic (exact) mass is 409 g/mol. The van der Waals surface area contributed by atoms with E-state index in [2.05, 4.69) is 27.6 Å². The number of nitrogens with zero attached hydrogens (tertiary/aromatic N) is 1. The van der Waals surface area contributed by atoms with Crippen molar-refractivity contribution in [2.24, 2.45) is 4.99 Å². The largest absolute Gasteiger partial charge is 0.487 e. The van der Waals surface area contributed by atoms with Gasteiger partial charge in [-0.2, -0.15) is 0 Å². The Labute approximate surface area is 136 Å². The highest BCUT2D eigenvalue weighted by atomic mass is 127. The van der Waals surface area contributed by atoms with Crippen LogP contribution in [0.5, 0.6) is 5.75 Å². The van der Waals surface area contributed by atoms with Gasteiger partial charge in [0, 0.05) is 40.7 Å². The molecule has 0 unspecified atom stereocenters. The van der Waals surface area contributed by atoms with Crippen molar-refractivity contribution in [1.82, 2.24) is 0 Å². The molecular weight excluding hydrogens is 391 g/mol. The third kappa shape index (κ3) is 4.35. The van der Waals surface area contributed by atoms with Gasteiger partial charge in [0.05, 0.1) is 0 Å². The van der Waals surface area contributed by atoms with Crippen LogP contribution in [0, 0.1) is 3.57 Å². The lowest BCUT2D eigenvalue weighted by Gasteiger charge is -2.11. The summed E-state index contributed by atoms with van der Waals surface area (Å²) in [6.07, 6.45) is 0.0675. The van der Waals surface area contributed by atoms with Crippen LogP contribution in [0.3, 0.4) is 0 Å². The van der Waals surface area contributed by atoms with Gasteiger partial charge < -0.3 is 9.47 Å². The van der Waals surface area contributed by atoms with Crippen LogP contribution in [0.4, 0.5) is 8.78 Å². The molecule has 0 spiro atoms. The zero-order chi connectivity index (χ0) is 15.2. The Hall–Kier alpha value is -0.760. The average Bonchev–Trinajstić information content (AvgIpc) is 2.88. The lowest BCUT2D eigenvalue weighted by Crippen LogP contribution is -2.09. The summed E-state index contributed by atoms with van der Waals surface area (Å²) in [7, 11) is 1.67. The van der Waals surface area contributed by atoms with Crippen LogP contribution in [-0.4, -0.2) is 39.0 Å². The summed E-state index contributed by atoms with van der Waals surface area (Å²) in [5, 5.41) is 0. The van der Waals surface area contributed by atoms with Crippen LogP contribution in [-0.2, 0) is 11.2 Å². The first-order valence-corrected chi connectivity index (χ1v) is 7.96. The van der Waals surface area contributed by atoms with Crippen LogP contribution in [0.2, 0.25) is 0 Å². The first kappa shape index (κ1) is 16.6. The molecule has 0 amide bonds. The van der Waals surface area contributed by atoms with Crippen molar-refractivity contribution >= 4 is 28.3 Å². The lowest BCUT2D eigenvalue weighted by molar-refractivity contribution is 0.0814. The Bertz CT molecular complexity index is 521. The second kappa shape index (κ2) is 8.03. The van der Waals surface area contributed by atoms with E-state index in [0.717, 1.165) is 46.2 Å². The van der Waals surface area contributed by atoms with Gasteiger partial charge in [-0.3, -0.25) is 4.99 Å². The van der Waals surface area contributed by atoms with Crippen LogP contribution >= 0.6 is 22.6 Å². The van der Waals surface area contributed by atoms with Crippen molar-refractivity contribution in [2.75, 3.05) is 26.9 Å². The number of methoxy groups -OCH3 is 1. The molecule has 3 nitrogen and oxygen atoms in total. The highest BCUT2D eigenvalue weighted by molar-refractivity contribution is 14.1. The van der Waals surface area contributed by atoms with E-state index in [4.69, 9.17) is 9.47 Å². The normalized spacial score (nSPS) is 15.8. The Morgan fingerprint density at radius 3 is 2.86 bits per heavy atom. The van der Waals surface area contributed by atoms with Crippen LogP contribution < -0.4 is 4.74 Å². The van der Waals surface area contributed by atoms with E-state index < -0.39 is 13.0 Å². The quantitative estimate of drug-likeness (QED) is 0.508. The topological polar surface area (TPSA) is 30.8 Å². The number of aliphatic imine (C=N–C) groups is 1. The van der Waals surface area contributed by atoms with E-state index in [1.54, 1.807) is 13.2 Å². The molecule has 6 heteroatoms. The maximum Gasteiger partial charge on any atom is 0.272 e. The van der Waals surface area contributed by atoms with Gasteiger partial charge in [0.2, 0.25) is 0 Å². The molecule has 0 atom stereocenters. The Kier molecular flexibility index (Phi) is 6.35. The van der Waals surface area contributed by atoms with Crippen LogP contribution in [0.25, 0.3) is 0 Å². The molecule has 116 valence electrons. The molecule has 1 aliphatic rings. The van der Waals surface area contributed by atoms with Crippen molar-refractivity contribution < 1.29 is 18.3 Å². The zero-order valence-corrected chi connectivity index (χ0v) is 14.0. The van der Waals surface area contributed by atoms with E-state index >= 15 is 0 Å². The second-order valence-corrected chi connectivity index (χ2v) is 5.94. The first-order valence-electron chi connectivity index (χ1n) is 6.88. The van der Waals surface area contributed by atoms with E-state index in [9.17, 15) is 8.78 Å². The van der Waals surface area contributed by atoms with Gasteiger partial charge in [-0.15, -0.1) is 0 Å². The molecule has 0 heterocycles. The number of ether oxygens (including phenoxy) is 2. The van der Waals surface area contributed by atoms with Crippen molar-refractivity contribution in [3.8, 4) is 5.75 Å². The number of alkyl halides is 2. The zero-order valence-electron chi connectivity index (χ0n) is 11.9. The summed E-state index contributed by atoms with van der Waals surface area (Å²) in [5.41, 5.74) is 3.13. The van der Waals surface area contributed by atoms with Crippen LogP contribution in [0.15, 0.2) is 17.1 Å². The van der Waals surface area contributed by atoms with Gasteiger partial charge in [0.1, 0.15) is 12.4 Å². The number of rotatable bonds is 7. The van der Waals surface area contributed by atoms with Crippen LogP contribution in [0.1, 0.15) is 24.0 Å². The average molecular weight is 409 g/mol. The number of fused-ring (bicyclic) bond motifs is 1. The summed E-state index contributed by atoms with van der Waals surface area (Å²) in [4.78, 5) is 4.63. The molecule has 1 aromatic carbocycles. The fourth-order valence-corrected chi connectivity index (χ4v) is 3.21. The molecule has 0 saturated carbocycles. The fraction of sp³-hybridized carbons (Fsp3) is 0.533. The van der Waals surface area contributed by atoms with E-state index in [1.165, 1.54) is 0 Å². The Morgan fingerprint density at radius 2 is 2.14 bits per heavy atom. The van der Waals surface area contributed by atoms with Crippen molar-refractivity contribution in [1.29, 1.82) is 0 Å². The van der Waals surface area contributed by atoms with Crippen molar-refractivity contribution in [3.63, 3.8) is 0 Å². The highest BCUT2D eigenvalue weighted by Crippen LogP contribution is 2.34. The maximum atomic E-state index is 12.3. The summed E-state index contributed by atoms with van der Waals surface area (Å²) in [5.74, 6) is 0.563. The summed E-state index contributed by atoms with van der Waals surface area (Å²) in [6.45, 7) is 0.854. The number of benzene rings is 1. The van der Waals surface area contributed by atoms with Gasteiger partial charge in [-0.05, 0) is 54.0 Å². The molecule has 21 heavy (non-hydrogen) atoms. The van der Waals surface area contributed by atoms with E-state index in [-0.39, 0.29) is 0 Å². The predicted molar refractivity (Wildman–Crippen MR) is 86.9 cm³/mol. The summed E-state index contributed by atoms with van der Waals surface area (Å²) >= 11 is 2.26. The van der Waals surface area contributed by atoms with E-state index in [1.807, 2.05) is 6.07 Å². The molecular formula is C15H18F2INO2. The smallest absolute Gasteiger partial charge is 0.272 e. The molecule has 0 N–H and O–H groups in total. The maximum absolute atomic E-state index is 12.3.